The lowest BCUT2D eigenvalue weighted by Crippen LogP contribution is -2.19. The fraction of sp³-hybridized carbons (Fsp3) is 0.182. The van der Waals surface area contributed by atoms with Gasteiger partial charge in [0.05, 0.1) is 18.8 Å². The van der Waals surface area contributed by atoms with Gasteiger partial charge in [0.15, 0.2) is 0 Å². The van der Waals surface area contributed by atoms with Crippen molar-refractivity contribution < 1.29 is 9.84 Å². The summed E-state index contributed by atoms with van der Waals surface area (Å²) >= 11 is 5.91. The van der Waals surface area contributed by atoms with Crippen molar-refractivity contribution in [2.24, 2.45) is 5.73 Å². The number of ether oxygens (including phenoxy) is 1. The first kappa shape index (κ1) is 18.6. The van der Waals surface area contributed by atoms with Crippen LogP contribution in [0.15, 0.2) is 72.8 Å². The summed E-state index contributed by atoms with van der Waals surface area (Å²) in [4.78, 5) is 0. The molecule has 0 aromatic heterocycles. The molecule has 3 aromatic carbocycles. The summed E-state index contributed by atoms with van der Waals surface area (Å²) in [6.07, 6.45) is -0.787. The molecule has 3 N–H and O–H groups in total. The van der Waals surface area contributed by atoms with E-state index in [0.717, 1.165) is 27.8 Å². The lowest BCUT2D eigenvalue weighted by molar-refractivity contribution is 0.147. The molecule has 26 heavy (non-hydrogen) atoms. The third-order valence-corrected chi connectivity index (χ3v) is 4.67. The predicted octanol–water partition coefficient (Wildman–Crippen LogP) is 4.89. The minimum Gasteiger partial charge on any atom is -0.386 e. The van der Waals surface area contributed by atoms with Gasteiger partial charge < -0.3 is 15.6 Å². The van der Waals surface area contributed by atoms with Gasteiger partial charge in [-0.3, -0.25) is 0 Å². The number of hydrogen-bond acceptors (Lipinski definition) is 3. The highest BCUT2D eigenvalue weighted by molar-refractivity contribution is 6.30. The van der Waals surface area contributed by atoms with E-state index in [4.69, 9.17) is 22.1 Å². The zero-order valence-corrected chi connectivity index (χ0v) is 15.4. The van der Waals surface area contributed by atoms with Crippen LogP contribution in [0.5, 0.6) is 0 Å². The van der Waals surface area contributed by atoms with Crippen LogP contribution in [-0.4, -0.2) is 12.2 Å². The molecule has 0 amide bonds. The molecular formula is C22H22ClNO2. The summed E-state index contributed by atoms with van der Waals surface area (Å²) in [5.74, 6) is 0. The first-order chi connectivity index (χ1) is 12.6. The van der Waals surface area contributed by atoms with E-state index in [9.17, 15) is 5.11 Å². The molecule has 0 heterocycles. The van der Waals surface area contributed by atoms with Gasteiger partial charge in [-0.1, -0.05) is 66.2 Å². The second-order valence-corrected chi connectivity index (χ2v) is 6.71. The van der Waals surface area contributed by atoms with Gasteiger partial charge in [0, 0.05) is 12.1 Å². The molecule has 3 nitrogen and oxygen atoms in total. The number of aliphatic hydroxyl groups is 1. The van der Waals surface area contributed by atoms with Crippen LogP contribution < -0.4 is 5.73 Å². The van der Waals surface area contributed by atoms with Crippen molar-refractivity contribution >= 4 is 11.6 Å². The van der Waals surface area contributed by atoms with Crippen LogP contribution in [0.25, 0.3) is 11.1 Å². The highest BCUT2D eigenvalue weighted by atomic mass is 35.5. The summed E-state index contributed by atoms with van der Waals surface area (Å²) < 4.78 is 5.19. The molecule has 0 radical (unpaired) electrons. The molecule has 0 aliphatic heterocycles. The van der Waals surface area contributed by atoms with E-state index < -0.39 is 12.1 Å². The summed E-state index contributed by atoms with van der Waals surface area (Å²) in [7, 11) is 1.69. The Morgan fingerprint density at radius 3 is 2.23 bits per heavy atom. The Hall–Kier alpha value is -2.17. The van der Waals surface area contributed by atoms with Gasteiger partial charge in [-0.2, -0.15) is 0 Å². The first-order valence-corrected chi connectivity index (χ1v) is 8.83. The van der Waals surface area contributed by atoms with Crippen LogP contribution in [0.2, 0.25) is 5.02 Å². The molecule has 0 saturated carbocycles. The van der Waals surface area contributed by atoms with Crippen molar-refractivity contribution in [3.63, 3.8) is 0 Å². The second kappa shape index (κ2) is 8.47. The Labute approximate surface area is 159 Å². The van der Waals surface area contributed by atoms with Crippen molar-refractivity contribution in [2.75, 3.05) is 7.11 Å². The van der Waals surface area contributed by atoms with Crippen LogP contribution in [0.1, 0.15) is 28.8 Å². The molecule has 4 heteroatoms. The molecular weight excluding hydrogens is 346 g/mol. The number of rotatable bonds is 6. The van der Waals surface area contributed by atoms with E-state index in [-0.39, 0.29) is 0 Å². The van der Waals surface area contributed by atoms with E-state index in [0.29, 0.717) is 11.6 Å². The number of hydrogen-bond donors (Lipinski definition) is 2. The van der Waals surface area contributed by atoms with Gasteiger partial charge in [0.1, 0.15) is 0 Å². The topological polar surface area (TPSA) is 55.5 Å². The van der Waals surface area contributed by atoms with Gasteiger partial charge >= 0.3 is 0 Å². The largest absolute Gasteiger partial charge is 0.386 e. The minimum atomic E-state index is -0.787. The van der Waals surface area contributed by atoms with Gasteiger partial charge in [0.25, 0.3) is 0 Å². The Morgan fingerprint density at radius 2 is 1.58 bits per heavy atom. The summed E-state index contributed by atoms with van der Waals surface area (Å²) in [5, 5.41) is 11.3. The molecule has 0 saturated heterocycles. The second-order valence-electron chi connectivity index (χ2n) is 6.28. The van der Waals surface area contributed by atoms with E-state index >= 15 is 0 Å². The maximum Gasteiger partial charge on any atom is 0.0982 e. The first-order valence-electron chi connectivity index (χ1n) is 8.46. The number of aliphatic hydroxyl groups excluding tert-OH is 1. The third-order valence-electron chi connectivity index (χ3n) is 4.42. The minimum absolute atomic E-state index is 0.511. The predicted molar refractivity (Wildman–Crippen MR) is 106 cm³/mol. The fourth-order valence-electron chi connectivity index (χ4n) is 2.95. The third kappa shape index (κ3) is 4.32. The average Bonchev–Trinajstić information content (AvgIpc) is 2.68. The monoisotopic (exact) mass is 367 g/mol. The summed E-state index contributed by atoms with van der Waals surface area (Å²) in [6, 6.07) is 22.8. The SMILES string of the molecule is COCc1cccc(-c2ccc(C(O)C(N)c3ccc(Cl)cc3)cc2)c1. The number of halogens is 1. The summed E-state index contributed by atoms with van der Waals surface area (Å²) in [5.41, 5.74) is 11.2. The van der Waals surface area contributed by atoms with Gasteiger partial charge in [0.2, 0.25) is 0 Å². The van der Waals surface area contributed by atoms with Gasteiger partial charge in [-0.15, -0.1) is 0 Å². The molecule has 0 fully saturated rings. The Balaban J connectivity index is 1.78. The highest BCUT2D eigenvalue weighted by Crippen LogP contribution is 2.29. The van der Waals surface area contributed by atoms with Crippen molar-refractivity contribution in [2.45, 2.75) is 18.8 Å². The fourth-order valence-corrected chi connectivity index (χ4v) is 3.08. The zero-order valence-electron chi connectivity index (χ0n) is 14.6. The molecule has 2 atom stereocenters. The number of methoxy groups -OCH3 is 1. The van der Waals surface area contributed by atoms with Gasteiger partial charge in [-0.05, 0) is 46.0 Å². The van der Waals surface area contributed by atoms with Crippen LogP contribution >= 0.6 is 11.6 Å². The molecule has 2 unspecified atom stereocenters. The molecule has 0 spiro atoms. The molecule has 0 aliphatic rings. The standard InChI is InChI=1S/C22H22ClNO2/c1-26-14-15-3-2-4-19(13-15)16-5-7-18(8-6-16)22(25)21(24)17-9-11-20(23)12-10-17/h2-13,21-22,25H,14,24H2,1H3. The maximum atomic E-state index is 10.6. The lowest BCUT2D eigenvalue weighted by Gasteiger charge is -2.20. The van der Waals surface area contributed by atoms with Crippen LogP contribution in [0, 0.1) is 0 Å². The van der Waals surface area contributed by atoms with Crippen LogP contribution in [-0.2, 0) is 11.3 Å². The lowest BCUT2D eigenvalue weighted by atomic mass is 9.94. The number of benzene rings is 3. The molecule has 134 valence electrons. The Bertz CT molecular complexity index is 847. The normalized spacial score (nSPS) is 13.4. The van der Waals surface area contributed by atoms with Crippen LogP contribution in [0.3, 0.4) is 0 Å². The van der Waals surface area contributed by atoms with E-state index in [1.54, 1.807) is 19.2 Å². The molecule has 0 aliphatic carbocycles. The van der Waals surface area contributed by atoms with Crippen molar-refractivity contribution in [1.29, 1.82) is 0 Å². The average molecular weight is 368 g/mol. The smallest absolute Gasteiger partial charge is 0.0982 e. The molecule has 0 bridgehead atoms. The molecule has 3 rings (SSSR count). The maximum absolute atomic E-state index is 10.6. The van der Waals surface area contributed by atoms with E-state index in [1.165, 1.54) is 0 Å². The van der Waals surface area contributed by atoms with Crippen molar-refractivity contribution in [1.82, 2.24) is 0 Å². The van der Waals surface area contributed by atoms with Crippen LogP contribution in [0.4, 0.5) is 0 Å². The zero-order chi connectivity index (χ0) is 18.5. The Kier molecular flexibility index (Phi) is 6.07. The highest BCUT2D eigenvalue weighted by Gasteiger charge is 2.18. The van der Waals surface area contributed by atoms with Gasteiger partial charge in [-0.25, -0.2) is 0 Å². The Morgan fingerprint density at radius 1 is 0.923 bits per heavy atom. The quantitative estimate of drug-likeness (QED) is 0.652. The van der Waals surface area contributed by atoms with Crippen molar-refractivity contribution in [3.8, 4) is 11.1 Å². The molecule has 3 aromatic rings. The van der Waals surface area contributed by atoms with E-state index in [1.807, 2.05) is 48.5 Å². The summed E-state index contributed by atoms with van der Waals surface area (Å²) in [6.45, 7) is 0.584. The van der Waals surface area contributed by atoms with Crippen molar-refractivity contribution in [3.05, 3.63) is 94.5 Å². The van der Waals surface area contributed by atoms with E-state index in [2.05, 4.69) is 12.1 Å². The number of nitrogens with two attached hydrogens (primary N) is 1.